The third-order valence-electron chi connectivity index (χ3n) is 5.83. The van der Waals surface area contributed by atoms with Crippen molar-refractivity contribution in [3.8, 4) is 0 Å². The molecule has 15 heteroatoms. The number of carbonyl (C=O) groups is 2. The summed E-state index contributed by atoms with van der Waals surface area (Å²) >= 11 is 0. The molecule has 1 spiro atoms. The van der Waals surface area contributed by atoms with E-state index in [9.17, 15) is 26.3 Å². The highest BCUT2D eigenvalue weighted by Crippen LogP contribution is 2.35. The number of nitrogens with one attached hydrogen (secondary N) is 1. The number of alkyl halides is 6. The van der Waals surface area contributed by atoms with E-state index in [0.29, 0.717) is 6.04 Å². The summed E-state index contributed by atoms with van der Waals surface area (Å²) in [6.45, 7) is 4.08. The largest absolute Gasteiger partial charge is 0.490 e. The smallest absolute Gasteiger partial charge is 0.475 e. The van der Waals surface area contributed by atoms with Crippen molar-refractivity contribution in [2.75, 3.05) is 31.6 Å². The first kappa shape index (κ1) is 31.8. The van der Waals surface area contributed by atoms with Gasteiger partial charge in [-0.05, 0) is 37.3 Å². The fraction of sp³-hybridized carbons (Fsp3) is 0.500. The highest BCUT2D eigenvalue weighted by atomic mass is 19.4. The Balaban J connectivity index is 0.000000317. The van der Waals surface area contributed by atoms with Gasteiger partial charge < -0.3 is 25.2 Å². The van der Waals surface area contributed by atoms with Crippen LogP contribution < -0.4 is 5.32 Å². The van der Waals surface area contributed by atoms with Crippen LogP contribution in [0.1, 0.15) is 24.8 Å². The molecule has 0 bridgehead atoms. The van der Waals surface area contributed by atoms with E-state index in [1.54, 1.807) is 12.4 Å². The number of hydrogen-bond acceptors (Lipinski definition) is 7. The summed E-state index contributed by atoms with van der Waals surface area (Å²) < 4.78 is 69.7. The van der Waals surface area contributed by atoms with Crippen LogP contribution in [0.25, 0.3) is 0 Å². The molecular formula is C24H28F6N4O5. The fourth-order valence-electron chi connectivity index (χ4n) is 4.04. The predicted molar refractivity (Wildman–Crippen MR) is 126 cm³/mol. The van der Waals surface area contributed by atoms with Crippen molar-refractivity contribution in [2.24, 2.45) is 0 Å². The maximum atomic E-state index is 10.6. The normalized spacial score (nSPS) is 21.2. The number of anilines is 1. The summed E-state index contributed by atoms with van der Waals surface area (Å²) in [5.41, 5.74) is 1.41. The van der Waals surface area contributed by atoms with E-state index in [-0.39, 0.29) is 5.60 Å². The maximum Gasteiger partial charge on any atom is 0.490 e. The first-order valence-corrected chi connectivity index (χ1v) is 11.7. The summed E-state index contributed by atoms with van der Waals surface area (Å²) in [6.07, 6.45) is -2.32. The number of hydrogen-bond donors (Lipinski definition) is 3. The second kappa shape index (κ2) is 14.1. The first-order chi connectivity index (χ1) is 18.2. The molecule has 216 valence electrons. The van der Waals surface area contributed by atoms with Crippen molar-refractivity contribution < 1.29 is 50.9 Å². The molecule has 0 aliphatic carbocycles. The van der Waals surface area contributed by atoms with Crippen LogP contribution in [-0.2, 0) is 20.7 Å². The second-order valence-corrected chi connectivity index (χ2v) is 8.81. The lowest BCUT2D eigenvalue weighted by atomic mass is 9.89. The SMILES string of the molecule is O=C(O)C(F)(F)F.O=C(O)C(F)(F)F.c1ccc(CCN2CC[C@@]3(C[C@H](Nc4ncccn4)CCO3)C2)cc1. The van der Waals surface area contributed by atoms with Crippen LogP contribution in [0.4, 0.5) is 32.3 Å². The van der Waals surface area contributed by atoms with Gasteiger partial charge in [0, 0.05) is 44.7 Å². The maximum absolute atomic E-state index is 10.6. The van der Waals surface area contributed by atoms with Crippen LogP contribution in [0.2, 0.25) is 0 Å². The van der Waals surface area contributed by atoms with Crippen molar-refractivity contribution in [1.29, 1.82) is 0 Å². The van der Waals surface area contributed by atoms with Crippen LogP contribution in [0, 0.1) is 0 Å². The van der Waals surface area contributed by atoms with E-state index in [4.69, 9.17) is 24.5 Å². The molecule has 0 unspecified atom stereocenters. The number of aromatic nitrogens is 2. The average Bonchev–Trinajstić information content (AvgIpc) is 3.25. The zero-order valence-corrected chi connectivity index (χ0v) is 20.6. The van der Waals surface area contributed by atoms with Gasteiger partial charge in [-0.15, -0.1) is 0 Å². The highest BCUT2D eigenvalue weighted by Gasteiger charge is 2.43. The van der Waals surface area contributed by atoms with Crippen molar-refractivity contribution in [3.63, 3.8) is 0 Å². The van der Waals surface area contributed by atoms with Gasteiger partial charge in [0.2, 0.25) is 5.95 Å². The van der Waals surface area contributed by atoms with E-state index in [1.807, 2.05) is 6.07 Å². The Morgan fingerprint density at radius 2 is 1.56 bits per heavy atom. The molecule has 9 nitrogen and oxygen atoms in total. The van der Waals surface area contributed by atoms with Crippen molar-refractivity contribution in [2.45, 2.75) is 49.7 Å². The van der Waals surface area contributed by atoms with Crippen molar-refractivity contribution in [3.05, 3.63) is 54.4 Å². The van der Waals surface area contributed by atoms with Crippen LogP contribution in [0.5, 0.6) is 0 Å². The second-order valence-electron chi connectivity index (χ2n) is 8.81. The van der Waals surface area contributed by atoms with Crippen LogP contribution in [-0.4, -0.2) is 87.3 Å². The minimum absolute atomic E-state index is 0.00137. The van der Waals surface area contributed by atoms with Crippen LogP contribution in [0.15, 0.2) is 48.8 Å². The summed E-state index contributed by atoms with van der Waals surface area (Å²) in [7, 11) is 0. The van der Waals surface area contributed by atoms with Gasteiger partial charge in [0.05, 0.1) is 5.60 Å². The lowest BCUT2D eigenvalue weighted by Crippen LogP contribution is -2.46. The fourth-order valence-corrected chi connectivity index (χ4v) is 4.04. The third-order valence-corrected chi connectivity index (χ3v) is 5.83. The lowest BCUT2D eigenvalue weighted by Gasteiger charge is -2.38. The number of aliphatic carboxylic acids is 2. The van der Waals surface area contributed by atoms with Crippen molar-refractivity contribution >= 4 is 17.9 Å². The van der Waals surface area contributed by atoms with Gasteiger partial charge >= 0.3 is 24.3 Å². The monoisotopic (exact) mass is 566 g/mol. The van der Waals surface area contributed by atoms with E-state index >= 15 is 0 Å². The Morgan fingerprint density at radius 3 is 2.10 bits per heavy atom. The minimum Gasteiger partial charge on any atom is -0.475 e. The zero-order valence-electron chi connectivity index (χ0n) is 20.6. The quantitative estimate of drug-likeness (QED) is 0.461. The lowest BCUT2D eigenvalue weighted by molar-refractivity contribution is -0.193. The van der Waals surface area contributed by atoms with E-state index in [1.165, 1.54) is 5.56 Å². The van der Waals surface area contributed by atoms with Gasteiger partial charge in [-0.2, -0.15) is 26.3 Å². The molecule has 0 saturated carbocycles. The topological polar surface area (TPSA) is 125 Å². The molecule has 2 aromatic rings. The molecule has 39 heavy (non-hydrogen) atoms. The molecule has 2 aliphatic heterocycles. The van der Waals surface area contributed by atoms with Gasteiger partial charge in [0.1, 0.15) is 0 Å². The Bertz CT molecular complexity index is 1020. The standard InChI is InChI=1S/C20H26N4O.2C2HF3O2/c1-2-5-17(6-3-1)7-12-24-13-9-20(16-24)15-18(8-14-25-20)23-19-21-10-4-11-22-19;2*3-2(4,5)1(6)7/h1-6,10-11,18H,7-9,12-16H2,(H,21,22,23);2*(H,6,7)/t18-,20-;;/m1../s1. The highest BCUT2D eigenvalue weighted by molar-refractivity contribution is 5.73. The van der Waals surface area contributed by atoms with Gasteiger partial charge in [-0.1, -0.05) is 30.3 Å². The zero-order chi connectivity index (χ0) is 29.1. The number of carboxylic acids is 2. The molecule has 3 heterocycles. The van der Waals surface area contributed by atoms with Gasteiger partial charge in [0.15, 0.2) is 0 Å². The van der Waals surface area contributed by atoms with Gasteiger partial charge in [-0.3, -0.25) is 0 Å². The number of carboxylic acid groups (broad SMARTS) is 2. The molecule has 4 rings (SSSR count). The molecule has 1 aromatic carbocycles. The third kappa shape index (κ3) is 11.4. The van der Waals surface area contributed by atoms with E-state index in [2.05, 4.69) is 50.5 Å². The van der Waals surface area contributed by atoms with E-state index in [0.717, 1.165) is 57.9 Å². The first-order valence-electron chi connectivity index (χ1n) is 11.7. The van der Waals surface area contributed by atoms with Gasteiger partial charge in [0.25, 0.3) is 0 Å². The summed E-state index contributed by atoms with van der Waals surface area (Å²) in [4.78, 5) is 28.9. The average molecular weight is 566 g/mol. The molecule has 2 aliphatic rings. The van der Waals surface area contributed by atoms with Crippen LogP contribution >= 0.6 is 0 Å². The molecule has 0 amide bonds. The molecule has 1 aromatic heterocycles. The Kier molecular flexibility index (Phi) is 11.5. The molecule has 2 atom stereocenters. The molecular weight excluding hydrogens is 538 g/mol. The van der Waals surface area contributed by atoms with Gasteiger partial charge in [-0.25, -0.2) is 19.6 Å². The predicted octanol–water partition coefficient (Wildman–Crippen LogP) is 4.02. The van der Waals surface area contributed by atoms with Crippen molar-refractivity contribution in [1.82, 2.24) is 14.9 Å². The van der Waals surface area contributed by atoms with Crippen LogP contribution in [0.3, 0.4) is 0 Å². The molecule has 3 N–H and O–H groups in total. The number of benzene rings is 1. The summed E-state index contributed by atoms with van der Waals surface area (Å²) in [6, 6.07) is 13.0. The Labute approximate surface area is 219 Å². The molecule has 0 radical (unpaired) electrons. The summed E-state index contributed by atoms with van der Waals surface area (Å²) in [5, 5.41) is 17.7. The Hall–Kier alpha value is -3.46. The number of likely N-dealkylation sites (tertiary alicyclic amines) is 1. The molecule has 2 saturated heterocycles. The summed E-state index contributed by atoms with van der Waals surface area (Å²) in [5.74, 6) is -4.79. The molecule has 2 fully saturated rings. The number of ether oxygens (including phenoxy) is 1. The Morgan fingerprint density at radius 1 is 1.00 bits per heavy atom. The van der Waals surface area contributed by atoms with E-state index < -0.39 is 24.3 Å². The number of halogens is 6. The minimum atomic E-state index is -5.08. The number of nitrogens with zero attached hydrogens (tertiary/aromatic N) is 3. The number of rotatable bonds is 5.